The number of hydrogen-bond acceptors (Lipinski definition) is 2. The molecule has 0 saturated carbocycles. The molecule has 0 N–H and O–H groups in total. The van der Waals surface area contributed by atoms with E-state index in [1.807, 2.05) is 0 Å². The van der Waals surface area contributed by atoms with Crippen LogP contribution in [0.3, 0.4) is 0 Å². The van der Waals surface area contributed by atoms with E-state index < -0.39 is 0 Å². The van der Waals surface area contributed by atoms with Gasteiger partial charge in [0.1, 0.15) is 5.60 Å². The molecule has 1 unspecified atom stereocenters. The van der Waals surface area contributed by atoms with Gasteiger partial charge >= 0.3 is 0 Å². The Hall–Kier alpha value is 0.650. The third-order valence-electron chi connectivity index (χ3n) is 2.48. The standard InChI is InChI=1S/C10H19IO2/c1-10(9-11)7-5-3-2-4-6-8-12-13-10/h2-9H2,1H3. The van der Waals surface area contributed by atoms with Crippen molar-refractivity contribution in [1.82, 2.24) is 0 Å². The van der Waals surface area contributed by atoms with Crippen LogP contribution in [0.1, 0.15) is 45.4 Å². The molecule has 0 bridgehead atoms. The van der Waals surface area contributed by atoms with Crippen molar-refractivity contribution in [3.05, 3.63) is 0 Å². The first-order chi connectivity index (χ1) is 6.27. The Balaban J connectivity index is 2.34. The molecule has 0 aromatic rings. The Morgan fingerprint density at radius 1 is 1.15 bits per heavy atom. The first-order valence-corrected chi connectivity index (χ1v) is 6.66. The average molecular weight is 298 g/mol. The summed E-state index contributed by atoms with van der Waals surface area (Å²) in [7, 11) is 0. The lowest BCUT2D eigenvalue weighted by Gasteiger charge is -2.26. The van der Waals surface area contributed by atoms with Crippen LogP contribution in [0.15, 0.2) is 0 Å². The van der Waals surface area contributed by atoms with Crippen molar-refractivity contribution in [3.63, 3.8) is 0 Å². The molecule has 1 heterocycles. The van der Waals surface area contributed by atoms with Crippen molar-refractivity contribution in [2.75, 3.05) is 11.0 Å². The molecule has 0 aromatic heterocycles. The monoisotopic (exact) mass is 298 g/mol. The van der Waals surface area contributed by atoms with Crippen molar-refractivity contribution < 1.29 is 9.78 Å². The van der Waals surface area contributed by atoms with Gasteiger partial charge in [0.2, 0.25) is 0 Å². The van der Waals surface area contributed by atoms with Crippen LogP contribution in [-0.2, 0) is 9.78 Å². The van der Waals surface area contributed by atoms with E-state index in [9.17, 15) is 0 Å². The third kappa shape index (κ3) is 4.61. The summed E-state index contributed by atoms with van der Waals surface area (Å²) in [5.41, 5.74) is -0.0576. The van der Waals surface area contributed by atoms with Crippen LogP contribution in [0, 0.1) is 0 Å². The maximum atomic E-state index is 5.45. The second kappa shape index (κ2) is 6.19. The molecule has 1 aliphatic heterocycles. The lowest BCUT2D eigenvalue weighted by atomic mass is 10.00. The molecule has 1 atom stereocenters. The molecule has 2 nitrogen and oxygen atoms in total. The lowest BCUT2D eigenvalue weighted by molar-refractivity contribution is -0.353. The van der Waals surface area contributed by atoms with Crippen LogP contribution in [0.2, 0.25) is 0 Å². The minimum atomic E-state index is -0.0576. The molecule has 0 spiro atoms. The normalized spacial score (nSPS) is 32.8. The van der Waals surface area contributed by atoms with E-state index >= 15 is 0 Å². The molecular weight excluding hydrogens is 279 g/mol. The molecule has 1 rings (SSSR count). The molecule has 0 amide bonds. The summed E-state index contributed by atoms with van der Waals surface area (Å²) in [6.45, 7) is 2.90. The van der Waals surface area contributed by atoms with Crippen LogP contribution in [-0.4, -0.2) is 16.6 Å². The van der Waals surface area contributed by atoms with Crippen LogP contribution >= 0.6 is 22.6 Å². The molecule has 78 valence electrons. The topological polar surface area (TPSA) is 18.5 Å². The molecule has 0 aromatic carbocycles. The minimum absolute atomic E-state index is 0.0576. The van der Waals surface area contributed by atoms with Gasteiger partial charge in [0, 0.05) is 4.43 Å². The van der Waals surface area contributed by atoms with E-state index in [4.69, 9.17) is 9.78 Å². The second-order valence-corrected chi connectivity index (χ2v) is 4.77. The number of halogens is 1. The van der Waals surface area contributed by atoms with Gasteiger partial charge in [-0.15, -0.1) is 0 Å². The van der Waals surface area contributed by atoms with E-state index in [2.05, 4.69) is 29.5 Å². The smallest absolute Gasteiger partial charge is 0.110 e. The summed E-state index contributed by atoms with van der Waals surface area (Å²) in [6.07, 6.45) is 7.50. The Labute approximate surface area is 94.4 Å². The molecule has 1 fully saturated rings. The van der Waals surface area contributed by atoms with Gasteiger partial charge in [0.05, 0.1) is 6.61 Å². The van der Waals surface area contributed by atoms with Gasteiger partial charge < -0.3 is 0 Å². The first-order valence-electron chi connectivity index (χ1n) is 5.13. The zero-order valence-electron chi connectivity index (χ0n) is 8.35. The highest BCUT2D eigenvalue weighted by atomic mass is 127. The quantitative estimate of drug-likeness (QED) is 0.419. The van der Waals surface area contributed by atoms with Crippen molar-refractivity contribution in [2.24, 2.45) is 0 Å². The molecule has 0 radical (unpaired) electrons. The Morgan fingerprint density at radius 2 is 1.85 bits per heavy atom. The van der Waals surface area contributed by atoms with Gasteiger partial charge in [-0.1, -0.05) is 48.3 Å². The van der Waals surface area contributed by atoms with Gasteiger partial charge in [-0.25, -0.2) is 9.78 Å². The predicted molar refractivity (Wildman–Crippen MR) is 62.0 cm³/mol. The van der Waals surface area contributed by atoms with Crippen molar-refractivity contribution in [1.29, 1.82) is 0 Å². The van der Waals surface area contributed by atoms with Crippen LogP contribution < -0.4 is 0 Å². The molecule has 0 aliphatic carbocycles. The fourth-order valence-electron chi connectivity index (χ4n) is 1.50. The number of hydrogen-bond donors (Lipinski definition) is 0. The Kier molecular flexibility index (Phi) is 5.58. The maximum absolute atomic E-state index is 5.45. The molecule has 1 saturated heterocycles. The van der Waals surface area contributed by atoms with Gasteiger partial charge in [-0.05, 0) is 19.8 Å². The van der Waals surface area contributed by atoms with Gasteiger partial charge in [-0.3, -0.25) is 0 Å². The highest BCUT2D eigenvalue weighted by Crippen LogP contribution is 2.24. The van der Waals surface area contributed by atoms with Gasteiger partial charge in [-0.2, -0.15) is 0 Å². The number of alkyl halides is 1. The highest BCUT2D eigenvalue weighted by Gasteiger charge is 2.25. The number of rotatable bonds is 1. The summed E-state index contributed by atoms with van der Waals surface area (Å²) in [4.78, 5) is 10.7. The summed E-state index contributed by atoms with van der Waals surface area (Å²) in [5.74, 6) is 0. The van der Waals surface area contributed by atoms with Gasteiger partial charge in [0.15, 0.2) is 0 Å². The molecule has 1 aliphatic rings. The van der Waals surface area contributed by atoms with E-state index in [0.717, 1.165) is 23.9 Å². The summed E-state index contributed by atoms with van der Waals surface area (Å²) >= 11 is 2.37. The second-order valence-electron chi connectivity index (χ2n) is 4.01. The zero-order chi connectivity index (χ0) is 9.57. The Bertz CT molecular complexity index is 129. The van der Waals surface area contributed by atoms with Gasteiger partial charge in [0.25, 0.3) is 0 Å². The molecule has 3 heteroatoms. The lowest BCUT2D eigenvalue weighted by Crippen LogP contribution is -2.31. The largest absolute Gasteiger partial charge is 0.236 e. The highest BCUT2D eigenvalue weighted by molar-refractivity contribution is 14.1. The summed E-state index contributed by atoms with van der Waals surface area (Å²) in [5, 5.41) is 0. The van der Waals surface area contributed by atoms with Crippen molar-refractivity contribution in [3.8, 4) is 0 Å². The van der Waals surface area contributed by atoms with E-state index in [-0.39, 0.29) is 5.60 Å². The predicted octanol–water partition coefficient (Wildman–Crippen LogP) is 3.48. The fraction of sp³-hybridized carbons (Fsp3) is 1.00. The average Bonchev–Trinajstić information content (AvgIpc) is 2.16. The van der Waals surface area contributed by atoms with Crippen LogP contribution in [0.4, 0.5) is 0 Å². The Morgan fingerprint density at radius 3 is 2.62 bits per heavy atom. The molecule has 13 heavy (non-hydrogen) atoms. The van der Waals surface area contributed by atoms with Crippen molar-refractivity contribution in [2.45, 2.75) is 51.0 Å². The fourth-order valence-corrected chi connectivity index (χ4v) is 2.01. The van der Waals surface area contributed by atoms with Crippen LogP contribution in [0.5, 0.6) is 0 Å². The molecular formula is C10H19IO2. The summed E-state index contributed by atoms with van der Waals surface area (Å²) in [6, 6.07) is 0. The SMILES string of the molecule is CC1(CI)CCCCCCCOO1. The zero-order valence-corrected chi connectivity index (χ0v) is 10.5. The van der Waals surface area contributed by atoms with E-state index in [1.165, 1.54) is 25.7 Å². The van der Waals surface area contributed by atoms with E-state index in [0.29, 0.717) is 0 Å². The van der Waals surface area contributed by atoms with Crippen LogP contribution in [0.25, 0.3) is 0 Å². The van der Waals surface area contributed by atoms with Crippen molar-refractivity contribution >= 4 is 22.6 Å². The van der Waals surface area contributed by atoms with E-state index in [1.54, 1.807) is 0 Å². The maximum Gasteiger partial charge on any atom is 0.110 e. The third-order valence-corrected chi connectivity index (χ3v) is 4.09. The first kappa shape index (κ1) is 11.7. The minimum Gasteiger partial charge on any atom is -0.236 e. The summed E-state index contributed by atoms with van der Waals surface area (Å²) < 4.78 is 1.00.